The lowest BCUT2D eigenvalue weighted by Gasteiger charge is -2.43. The maximum Gasteiger partial charge on any atom is 0.219 e. The van der Waals surface area contributed by atoms with E-state index in [2.05, 4.69) is 41.3 Å². The van der Waals surface area contributed by atoms with Crippen LogP contribution in [0.4, 0.5) is 0 Å². The fourth-order valence-corrected chi connectivity index (χ4v) is 4.36. The summed E-state index contributed by atoms with van der Waals surface area (Å²) >= 11 is 0. The standard InChI is InChI=1S/C23H28N2O2/c1-19(26)25-16-21-10-5-6-11-22(21)27-23(18-25)13-7-14-24(17-23)15-12-20-8-3-2-4-9-20/h2-6,8-11H,7,12-18H2,1H3/t23-/m0/s1. The number of amides is 1. The van der Waals surface area contributed by atoms with Gasteiger partial charge in [-0.05, 0) is 37.4 Å². The van der Waals surface area contributed by atoms with Gasteiger partial charge in [0.05, 0.1) is 6.54 Å². The van der Waals surface area contributed by atoms with E-state index in [0.29, 0.717) is 13.1 Å². The molecule has 4 rings (SSSR count). The zero-order chi connectivity index (χ0) is 18.7. The van der Waals surface area contributed by atoms with E-state index in [1.165, 1.54) is 5.56 Å². The highest BCUT2D eigenvalue weighted by atomic mass is 16.5. The third-order valence-corrected chi connectivity index (χ3v) is 5.76. The Hall–Kier alpha value is -2.33. The highest BCUT2D eigenvalue weighted by molar-refractivity contribution is 5.73. The fraction of sp³-hybridized carbons (Fsp3) is 0.435. The van der Waals surface area contributed by atoms with Crippen LogP contribution in [0.25, 0.3) is 0 Å². The minimum atomic E-state index is -0.312. The molecule has 0 radical (unpaired) electrons. The Balaban J connectivity index is 1.52. The number of para-hydroxylation sites is 1. The van der Waals surface area contributed by atoms with Crippen LogP contribution in [0.2, 0.25) is 0 Å². The second-order valence-electron chi connectivity index (χ2n) is 7.88. The molecular formula is C23H28N2O2. The minimum absolute atomic E-state index is 0.121. The number of fused-ring (bicyclic) bond motifs is 1. The normalized spacial score (nSPS) is 22.8. The third-order valence-electron chi connectivity index (χ3n) is 5.76. The Labute approximate surface area is 161 Å². The van der Waals surface area contributed by atoms with E-state index < -0.39 is 0 Å². The molecule has 4 heteroatoms. The van der Waals surface area contributed by atoms with Gasteiger partial charge in [0.15, 0.2) is 0 Å². The van der Waals surface area contributed by atoms with Crippen LogP contribution in [-0.4, -0.2) is 47.5 Å². The highest BCUT2D eigenvalue weighted by Crippen LogP contribution is 2.34. The highest BCUT2D eigenvalue weighted by Gasteiger charge is 2.42. The lowest BCUT2D eigenvalue weighted by Crippen LogP contribution is -2.57. The molecule has 27 heavy (non-hydrogen) atoms. The van der Waals surface area contributed by atoms with Gasteiger partial charge in [-0.1, -0.05) is 48.5 Å². The van der Waals surface area contributed by atoms with Crippen LogP contribution in [0, 0.1) is 0 Å². The van der Waals surface area contributed by atoms with Gasteiger partial charge < -0.3 is 9.64 Å². The summed E-state index contributed by atoms with van der Waals surface area (Å²) in [5.74, 6) is 1.06. The summed E-state index contributed by atoms with van der Waals surface area (Å²) in [6, 6.07) is 18.8. The van der Waals surface area contributed by atoms with Gasteiger partial charge in [-0.3, -0.25) is 9.69 Å². The summed E-state index contributed by atoms with van der Waals surface area (Å²) in [6.07, 6.45) is 3.14. The Kier molecular flexibility index (Phi) is 5.17. The molecule has 1 saturated heterocycles. The van der Waals surface area contributed by atoms with Gasteiger partial charge in [-0.2, -0.15) is 0 Å². The Morgan fingerprint density at radius 3 is 2.67 bits per heavy atom. The molecule has 142 valence electrons. The number of carbonyl (C=O) groups excluding carboxylic acids is 1. The SMILES string of the molecule is CC(=O)N1Cc2ccccc2O[C@]2(CCCN(CCc3ccccc3)C2)C1. The first kappa shape index (κ1) is 18.1. The van der Waals surface area contributed by atoms with Crippen LogP contribution < -0.4 is 4.74 Å². The van der Waals surface area contributed by atoms with Gasteiger partial charge in [-0.25, -0.2) is 0 Å². The molecule has 2 aliphatic heterocycles. The number of hydrogen-bond acceptors (Lipinski definition) is 3. The molecule has 0 N–H and O–H groups in total. The molecule has 2 aliphatic rings. The van der Waals surface area contributed by atoms with E-state index in [1.54, 1.807) is 6.92 Å². The van der Waals surface area contributed by atoms with Crippen LogP contribution in [0.3, 0.4) is 0 Å². The summed E-state index contributed by atoms with van der Waals surface area (Å²) in [5, 5.41) is 0. The summed E-state index contributed by atoms with van der Waals surface area (Å²) in [4.78, 5) is 16.7. The van der Waals surface area contributed by atoms with Gasteiger partial charge in [-0.15, -0.1) is 0 Å². The van der Waals surface area contributed by atoms with Crippen molar-refractivity contribution in [1.82, 2.24) is 9.80 Å². The van der Waals surface area contributed by atoms with Crippen molar-refractivity contribution in [2.75, 3.05) is 26.2 Å². The Morgan fingerprint density at radius 2 is 1.85 bits per heavy atom. The molecule has 2 aromatic rings. The van der Waals surface area contributed by atoms with Crippen molar-refractivity contribution in [3.63, 3.8) is 0 Å². The van der Waals surface area contributed by atoms with Crippen molar-refractivity contribution in [1.29, 1.82) is 0 Å². The van der Waals surface area contributed by atoms with Gasteiger partial charge in [0.1, 0.15) is 11.4 Å². The van der Waals surface area contributed by atoms with Crippen LogP contribution in [-0.2, 0) is 17.8 Å². The van der Waals surface area contributed by atoms with Gasteiger partial charge in [0, 0.05) is 32.1 Å². The van der Waals surface area contributed by atoms with Crippen molar-refractivity contribution in [2.24, 2.45) is 0 Å². The van der Waals surface area contributed by atoms with Crippen LogP contribution >= 0.6 is 0 Å². The number of likely N-dealkylation sites (tertiary alicyclic amines) is 1. The van der Waals surface area contributed by atoms with E-state index in [1.807, 2.05) is 23.1 Å². The van der Waals surface area contributed by atoms with Gasteiger partial charge in [0.2, 0.25) is 5.91 Å². The van der Waals surface area contributed by atoms with E-state index in [4.69, 9.17) is 4.74 Å². The van der Waals surface area contributed by atoms with Gasteiger partial charge >= 0.3 is 0 Å². The molecule has 4 nitrogen and oxygen atoms in total. The molecule has 0 aromatic heterocycles. The molecule has 0 saturated carbocycles. The molecule has 1 spiro atoms. The zero-order valence-corrected chi connectivity index (χ0v) is 16.1. The zero-order valence-electron chi connectivity index (χ0n) is 16.1. The van der Waals surface area contributed by atoms with Gasteiger partial charge in [0.25, 0.3) is 0 Å². The van der Waals surface area contributed by atoms with Crippen LogP contribution in [0.15, 0.2) is 54.6 Å². The number of rotatable bonds is 3. The van der Waals surface area contributed by atoms with E-state index in [-0.39, 0.29) is 11.5 Å². The van der Waals surface area contributed by atoms with Crippen molar-refractivity contribution in [3.05, 3.63) is 65.7 Å². The van der Waals surface area contributed by atoms with Crippen molar-refractivity contribution >= 4 is 5.91 Å². The topological polar surface area (TPSA) is 32.8 Å². The van der Waals surface area contributed by atoms with Crippen molar-refractivity contribution < 1.29 is 9.53 Å². The number of piperidine rings is 1. The minimum Gasteiger partial charge on any atom is -0.484 e. The first-order valence-electron chi connectivity index (χ1n) is 9.92. The molecule has 2 aromatic carbocycles. The smallest absolute Gasteiger partial charge is 0.219 e. The molecule has 0 unspecified atom stereocenters. The molecule has 1 amide bonds. The largest absolute Gasteiger partial charge is 0.484 e. The Bertz CT molecular complexity index is 792. The number of ether oxygens (including phenoxy) is 1. The number of hydrogen-bond donors (Lipinski definition) is 0. The summed E-state index contributed by atoms with van der Waals surface area (Å²) in [7, 11) is 0. The lowest BCUT2D eigenvalue weighted by atomic mass is 9.91. The second kappa shape index (κ2) is 7.73. The van der Waals surface area contributed by atoms with Crippen LogP contribution in [0.1, 0.15) is 30.9 Å². The molecule has 1 fully saturated rings. The first-order chi connectivity index (χ1) is 13.1. The fourth-order valence-electron chi connectivity index (χ4n) is 4.36. The van der Waals surface area contributed by atoms with E-state index in [0.717, 1.165) is 50.2 Å². The predicted molar refractivity (Wildman–Crippen MR) is 107 cm³/mol. The monoisotopic (exact) mass is 364 g/mol. The maximum atomic E-state index is 12.2. The average molecular weight is 364 g/mol. The average Bonchev–Trinajstić information content (AvgIpc) is 2.84. The predicted octanol–water partition coefficient (Wildman–Crippen LogP) is 3.50. The lowest BCUT2D eigenvalue weighted by molar-refractivity contribution is -0.133. The van der Waals surface area contributed by atoms with E-state index >= 15 is 0 Å². The molecule has 0 bridgehead atoms. The Morgan fingerprint density at radius 1 is 1.07 bits per heavy atom. The van der Waals surface area contributed by atoms with E-state index in [9.17, 15) is 4.79 Å². The molecule has 1 atom stereocenters. The maximum absolute atomic E-state index is 12.2. The summed E-state index contributed by atoms with van der Waals surface area (Å²) in [5.41, 5.74) is 2.16. The number of benzene rings is 2. The summed E-state index contributed by atoms with van der Waals surface area (Å²) in [6.45, 7) is 5.96. The van der Waals surface area contributed by atoms with Crippen LogP contribution in [0.5, 0.6) is 5.75 Å². The molecule has 0 aliphatic carbocycles. The van der Waals surface area contributed by atoms with Crippen molar-refractivity contribution in [2.45, 2.75) is 38.3 Å². The summed E-state index contributed by atoms with van der Waals surface area (Å²) < 4.78 is 6.61. The molecule has 2 heterocycles. The molecular weight excluding hydrogens is 336 g/mol. The number of carbonyl (C=O) groups is 1. The third kappa shape index (κ3) is 4.16. The first-order valence-corrected chi connectivity index (χ1v) is 9.92. The number of nitrogens with zero attached hydrogens (tertiary/aromatic N) is 2. The second-order valence-corrected chi connectivity index (χ2v) is 7.88. The quantitative estimate of drug-likeness (QED) is 0.836. The van der Waals surface area contributed by atoms with Crippen molar-refractivity contribution in [3.8, 4) is 5.75 Å².